The number of aromatic nitrogens is 2. The maximum Gasteiger partial charge on any atom is 0.191 e. The van der Waals surface area contributed by atoms with Crippen molar-refractivity contribution in [2.24, 2.45) is 4.99 Å². The fourth-order valence-electron chi connectivity index (χ4n) is 3.80. The summed E-state index contributed by atoms with van der Waals surface area (Å²) in [5.74, 6) is 1.63. The third-order valence-corrected chi connectivity index (χ3v) is 5.75. The molecule has 1 aliphatic rings. The molecule has 0 radical (unpaired) electrons. The summed E-state index contributed by atoms with van der Waals surface area (Å²) >= 11 is 0. The zero-order valence-electron chi connectivity index (χ0n) is 17.3. The van der Waals surface area contributed by atoms with Crippen molar-refractivity contribution in [2.75, 3.05) is 20.1 Å². The van der Waals surface area contributed by atoms with Crippen LogP contribution in [0.2, 0.25) is 0 Å². The summed E-state index contributed by atoms with van der Waals surface area (Å²) in [6, 6.07) is 17.3. The lowest BCUT2D eigenvalue weighted by atomic mass is 9.96. The van der Waals surface area contributed by atoms with Crippen molar-refractivity contribution in [3.05, 3.63) is 89.8 Å². The van der Waals surface area contributed by atoms with E-state index in [-0.39, 0.29) is 11.2 Å². The van der Waals surface area contributed by atoms with E-state index in [0.29, 0.717) is 0 Å². The summed E-state index contributed by atoms with van der Waals surface area (Å²) < 4.78 is 15.8. The van der Waals surface area contributed by atoms with Crippen LogP contribution in [0.25, 0.3) is 0 Å². The fourth-order valence-corrected chi connectivity index (χ4v) is 3.80. The van der Waals surface area contributed by atoms with E-state index in [1.54, 1.807) is 19.2 Å². The first-order chi connectivity index (χ1) is 14.7. The van der Waals surface area contributed by atoms with Gasteiger partial charge in [-0.25, -0.2) is 9.37 Å². The molecule has 4 rings (SSSR count). The van der Waals surface area contributed by atoms with Crippen LogP contribution in [0.5, 0.6) is 0 Å². The van der Waals surface area contributed by atoms with Crippen molar-refractivity contribution in [3.8, 4) is 0 Å². The lowest BCUT2D eigenvalue weighted by Gasteiger charge is -2.19. The number of nitrogens with zero attached hydrogens (tertiary/aromatic N) is 3. The number of imidazole rings is 1. The minimum atomic E-state index is -0.174. The molecular weight excluding hydrogens is 377 g/mol. The maximum atomic E-state index is 13.6. The lowest BCUT2D eigenvalue weighted by Crippen LogP contribution is -2.42. The number of benzene rings is 2. The molecule has 1 aromatic heterocycles. The molecular formula is C24H28FN5. The Bertz CT molecular complexity index is 992. The standard InChI is InChI=1S/C24H28FN5/c1-26-23(29-18-24(11-12-24)20-8-5-9-21(25)16-20)28-13-10-22-27-14-15-30(22)17-19-6-3-2-4-7-19/h2-9,14-16H,10-13,17-18H2,1H3,(H2,26,28,29). The van der Waals surface area contributed by atoms with Gasteiger partial charge in [0.05, 0.1) is 0 Å². The van der Waals surface area contributed by atoms with Gasteiger partial charge in [0.15, 0.2) is 5.96 Å². The summed E-state index contributed by atoms with van der Waals surface area (Å²) in [7, 11) is 1.77. The molecule has 6 heteroatoms. The number of hydrogen-bond acceptors (Lipinski definition) is 2. The van der Waals surface area contributed by atoms with Gasteiger partial charge in [-0.05, 0) is 36.1 Å². The van der Waals surface area contributed by atoms with Gasteiger partial charge in [-0.3, -0.25) is 4.99 Å². The molecule has 1 saturated carbocycles. The highest BCUT2D eigenvalue weighted by atomic mass is 19.1. The number of hydrogen-bond donors (Lipinski definition) is 2. The van der Waals surface area contributed by atoms with Gasteiger partial charge in [0.2, 0.25) is 0 Å². The van der Waals surface area contributed by atoms with E-state index in [4.69, 9.17) is 0 Å². The van der Waals surface area contributed by atoms with E-state index in [2.05, 4.69) is 49.4 Å². The number of aliphatic imine (C=N–C) groups is 1. The van der Waals surface area contributed by atoms with E-state index >= 15 is 0 Å². The van der Waals surface area contributed by atoms with Crippen LogP contribution < -0.4 is 10.6 Å². The molecule has 3 aromatic rings. The lowest BCUT2D eigenvalue weighted by molar-refractivity contribution is 0.606. The summed E-state index contributed by atoms with van der Waals surface area (Å²) in [6.45, 7) is 2.30. The quantitative estimate of drug-likeness (QED) is 0.445. The second-order valence-corrected chi connectivity index (χ2v) is 7.85. The first kappa shape index (κ1) is 20.1. The third-order valence-electron chi connectivity index (χ3n) is 5.75. The smallest absolute Gasteiger partial charge is 0.191 e. The molecule has 0 atom stereocenters. The average molecular weight is 406 g/mol. The van der Waals surface area contributed by atoms with E-state index in [9.17, 15) is 4.39 Å². The minimum Gasteiger partial charge on any atom is -0.356 e. The van der Waals surface area contributed by atoms with Crippen molar-refractivity contribution in [2.45, 2.75) is 31.2 Å². The molecule has 30 heavy (non-hydrogen) atoms. The van der Waals surface area contributed by atoms with Gasteiger partial charge in [0.25, 0.3) is 0 Å². The first-order valence-corrected chi connectivity index (χ1v) is 10.4. The van der Waals surface area contributed by atoms with Crippen molar-refractivity contribution >= 4 is 5.96 Å². The van der Waals surface area contributed by atoms with E-state index in [1.807, 2.05) is 24.5 Å². The Morgan fingerprint density at radius 1 is 1.13 bits per heavy atom. The van der Waals surface area contributed by atoms with Gasteiger partial charge < -0.3 is 15.2 Å². The number of guanidine groups is 1. The molecule has 0 aliphatic heterocycles. The molecule has 0 unspecified atom stereocenters. The molecule has 0 amide bonds. The predicted octanol–water partition coefficient (Wildman–Crippen LogP) is 3.51. The van der Waals surface area contributed by atoms with Crippen molar-refractivity contribution < 1.29 is 4.39 Å². The summed E-state index contributed by atoms with van der Waals surface area (Å²) in [5.41, 5.74) is 2.34. The average Bonchev–Trinajstić information content (AvgIpc) is 3.44. The van der Waals surface area contributed by atoms with Crippen LogP contribution in [0.3, 0.4) is 0 Å². The highest BCUT2D eigenvalue weighted by Crippen LogP contribution is 2.47. The van der Waals surface area contributed by atoms with E-state index in [0.717, 1.165) is 56.2 Å². The van der Waals surface area contributed by atoms with E-state index in [1.165, 1.54) is 11.6 Å². The van der Waals surface area contributed by atoms with Gasteiger partial charge in [-0.1, -0.05) is 42.5 Å². The second-order valence-electron chi connectivity index (χ2n) is 7.85. The molecule has 2 N–H and O–H groups in total. The number of rotatable bonds is 8. The van der Waals surface area contributed by atoms with Crippen LogP contribution in [-0.4, -0.2) is 35.6 Å². The topological polar surface area (TPSA) is 54.2 Å². The summed E-state index contributed by atoms with van der Waals surface area (Å²) in [6.07, 6.45) is 6.80. The number of halogens is 1. The monoisotopic (exact) mass is 405 g/mol. The van der Waals surface area contributed by atoms with Gasteiger partial charge >= 0.3 is 0 Å². The highest BCUT2D eigenvalue weighted by Gasteiger charge is 2.44. The summed E-state index contributed by atoms with van der Waals surface area (Å²) in [4.78, 5) is 8.84. The second kappa shape index (κ2) is 9.11. The van der Waals surface area contributed by atoms with Crippen LogP contribution in [0.15, 0.2) is 72.0 Å². The van der Waals surface area contributed by atoms with Gasteiger partial charge in [-0.2, -0.15) is 0 Å². The zero-order chi connectivity index (χ0) is 20.8. The SMILES string of the molecule is CN=C(NCCc1nccn1Cc1ccccc1)NCC1(c2cccc(F)c2)CC1. The van der Waals surface area contributed by atoms with Crippen molar-refractivity contribution in [1.29, 1.82) is 0 Å². The van der Waals surface area contributed by atoms with Crippen molar-refractivity contribution in [3.63, 3.8) is 0 Å². The van der Waals surface area contributed by atoms with Gasteiger partial charge in [-0.15, -0.1) is 0 Å². The van der Waals surface area contributed by atoms with Crippen LogP contribution in [0.4, 0.5) is 4.39 Å². The molecule has 0 bridgehead atoms. The van der Waals surface area contributed by atoms with Crippen molar-refractivity contribution in [1.82, 2.24) is 20.2 Å². The Labute approximate surface area is 177 Å². The first-order valence-electron chi connectivity index (χ1n) is 10.4. The van der Waals surface area contributed by atoms with Crippen LogP contribution in [-0.2, 0) is 18.4 Å². The molecule has 1 heterocycles. The molecule has 5 nitrogen and oxygen atoms in total. The van der Waals surface area contributed by atoms with Crippen LogP contribution in [0, 0.1) is 5.82 Å². The Morgan fingerprint density at radius 3 is 2.70 bits per heavy atom. The van der Waals surface area contributed by atoms with Gasteiger partial charge in [0, 0.05) is 50.9 Å². The molecule has 1 aliphatic carbocycles. The Balaban J connectivity index is 1.27. The Morgan fingerprint density at radius 2 is 1.97 bits per heavy atom. The van der Waals surface area contributed by atoms with Crippen LogP contribution in [0.1, 0.15) is 29.8 Å². The molecule has 0 saturated heterocycles. The Kier molecular flexibility index (Phi) is 6.12. The normalized spacial score (nSPS) is 15.1. The Hall–Kier alpha value is -3.15. The molecule has 2 aromatic carbocycles. The largest absolute Gasteiger partial charge is 0.356 e. The molecule has 0 spiro atoms. The molecule has 156 valence electrons. The highest BCUT2D eigenvalue weighted by molar-refractivity contribution is 5.79. The zero-order valence-corrected chi connectivity index (χ0v) is 17.3. The summed E-state index contributed by atoms with van der Waals surface area (Å²) in [5, 5.41) is 6.79. The fraction of sp³-hybridized carbons (Fsp3) is 0.333. The predicted molar refractivity (Wildman–Crippen MR) is 118 cm³/mol. The maximum absolute atomic E-state index is 13.6. The third kappa shape index (κ3) is 4.87. The molecule has 1 fully saturated rings. The van der Waals surface area contributed by atoms with E-state index < -0.39 is 0 Å². The number of nitrogens with one attached hydrogen (secondary N) is 2. The van der Waals surface area contributed by atoms with Gasteiger partial charge in [0.1, 0.15) is 11.6 Å². The minimum absolute atomic E-state index is 0.0195. The van der Waals surface area contributed by atoms with Crippen LogP contribution >= 0.6 is 0 Å².